The summed E-state index contributed by atoms with van der Waals surface area (Å²) in [5.74, 6) is 0.767. The number of nitrogens with zero attached hydrogens (tertiary/aromatic N) is 1. The summed E-state index contributed by atoms with van der Waals surface area (Å²) in [5, 5.41) is 3.82. The predicted molar refractivity (Wildman–Crippen MR) is 76.4 cm³/mol. The zero-order valence-electron chi connectivity index (χ0n) is 11.3. The van der Waals surface area contributed by atoms with Crippen LogP contribution in [0.25, 0.3) is 10.9 Å². The van der Waals surface area contributed by atoms with Crippen molar-refractivity contribution in [2.75, 3.05) is 11.9 Å². The van der Waals surface area contributed by atoms with Crippen LogP contribution in [0.2, 0.25) is 0 Å². The molecule has 0 bridgehead atoms. The zero-order valence-corrected chi connectivity index (χ0v) is 11.3. The third-order valence-electron chi connectivity index (χ3n) is 2.78. The molecule has 1 N–H and O–H groups in total. The maximum absolute atomic E-state index is 11.7. The standard InChI is InChI=1S/C15H18N2O2/c1-3-6-14(18)17-12-8-9-13(19-4-2)15-11(12)7-5-10-16-15/h5,7-10H,3-4,6H2,1-2H3,(H,17,18). The third kappa shape index (κ3) is 3.02. The first-order chi connectivity index (χ1) is 9.26. The molecule has 19 heavy (non-hydrogen) atoms. The molecule has 2 aromatic rings. The zero-order chi connectivity index (χ0) is 13.7. The highest BCUT2D eigenvalue weighted by atomic mass is 16.5. The third-order valence-corrected chi connectivity index (χ3v) is 2.78. The number of ether oxygens (including phenoxy) is 1. The number of amides is 1. The molecular weight excluding hydrogens is 240 g/mol. The number of aromatic nitrogens is 1. The Bertz CT molecular complexity index is 581. The smallest absolute Gasteiger partial charge is 0.224 e. The number of pyridine rings is 1. The van der Waals surface area contributed by atoms with Gasteiger partial charge < -0.3 is 10.1 Å². The fourth-order valence-electron chi connectivity index (χ4n) is 1.97. The fourth-order valence-corrected chi connectivity index (χ4v) is 1.97. The molecule has 1 aromatic heterocycles. The lowest BCUT2D eigenvalue weighted by Gasteiger charge is -2.11. The van der Waals surface area contributed by atoms with Gasteiger partial charge in [-0.3, -0.25) is 9.78 Å². The molecule has 0 radical (unpaired) electrons. The summed E-state index contributed by atoms with van der Waals surface area (Å²) in [6, 6.07) is 7.50. The molecule has 2 rings (SSSR count). The van der Waals surface area contributed by atoms with Crippen LogP contribution in [-0.2, 0) is 4.79 Å². The Kier molecular flexibility index (Phi) is 4.34. The highest BCUT2D eigenvalue weighted by Crippen LogP contribution is 2.30. The molecular formula is C15H18N2O2. The number of rotatable bonds is 5. The summed E-state index contributed by atoms with van der Waals surface area (Å²) in [5.41, 5.74) is 1.56. The monoisotopic (exact) mass is 258 g/mol. The van der Waals surface area contributed by atoms with E-state index < -0.39 is 0 Å². The van der Waals surface area contributed by atoms with Gasteiger partial charge in [0.15, 0.2) is 0 Å². The molecule has 0 saturated carbocycles. The van der Waals surface area contributed by atoms with Crippen LogP contribution in [0.4, 0.5) is 5.69 Å². The molecule has 100 valence electrons. The molecule has 0 spiro atoms. The number of benzene rings is 1. The second kappa shape index (κ2) is 6.18. The second-order valence-electron chi connectivity index (χ2n) is 4.24. The van der Waals surface area contributed by atoms with Crippen molar-refractivity contribution in [2.45, 2.75) is 26.7 Å². The number of fused-ring (bicyclic) bond motifs is 1. The molecule has 1 heterocycles. The van der Waals surface area contributed by atoms with Crippen LogP contribution >= 0.6 is 0 Å². The quantitative estimate of drug-likeness (QED) is 0.894. The summed E-state index contributed by atoms with van der Waals surface area (Å²) in [6.45, 7) is 4.51. The lowest BCUT2D eigenvalue weighted by molar-refractivity contribution is -0.116. The van der Waals surface area contributed by atoms with E-state index in [0.29, 0.717) is 13.0 Å². The molecule has 1 amide bonds. The van der Waals surface area contributed by atoms with Crippen LogP contribution in [0.1, 0.15) is 26.7 Å². The number of nitrogens with one attached hydrogen (secondary N) is 1. The van der Waals surface area contributed by atoms with Gasteiger partial charge in [-0.25, -0.2) is 0 Å². The minimum atomic E-state index is 0.0248. The van der Waals surface area contributed by atoms with E-state index in [4.69, 9.17) is 4.74 Å². The number of carbonyl (C=O) groups is 1. The highest BCUT2D eigenvalue weighted by Gasteiger charge is 2.09. The summed E-state index contributed by atoms with van der Waals surface area (Å²) < 4.78 is 5.55. The van der Waals surface area contributed by atoms with Gasteiger partial charge in [0.1, 0.15) is 11.3 Å². The molecule has 0 unspecified atom stereocenters. The van der Waals surface area contributed by atoms with Crippen molar-refractivity contribution in [1.82, 2.24) is 4.98 Å². The van der Waals surface area contributed by atoms with Crippen molar-refractivity contribution >= 4 is 22.5 Å². The van der Waals surface area contributed by atoms with Crippen LogP contribution in [-0.4, -0.2) is 17.5 Å². The number of hydrogen-bond acceptors (Lipinski definition) is 3. The maximum atomic E-state index is 11.7. The van der Waals surface area contributed by atoms with E-state index in [-0.39, 0.29) is 5.91 Å². The Hall–Kier alpha value is -2.10. The molecule has 0 aliphatic rings. The normalized spacial score (nSPS) is 10.4. The van der Waals surface area contributed by atoms with Gasteiger partial charge in [-0.15, -0.1) is 0 Å². The Morgan fingerprint density at radius 2 is 2.16 bits per heavy atom. The van der Waals surface area contributed by atoms with Crippen LogP contribution in [0.15, 0.2) is 30.5 Å². The highest BCUT2D eigenvalue weighted by molar-refractivity contribution is 6.02. The summed E-state index contributed by atoms with van der Waals surface area (Å²) in [6.07, 6.45) is 3.08. The van der Waals surface area contributed by atoms with Crippen molar-refractivity contribution in [3.05, 3.63) is 30.5 Å². The van der Waals surface area contributed by atoms with Gasteiger partial charge in [0.25, 0.3) is 0 Å². The predicted octanol–water partition coefficient (Wildman–Crippen LogP) is 3.37. The summed E-state index contributed by atoms with van der Waals surface area (Å²) in [7, 11) is 0. The van der Waals surface area contributed by atoms with Crippen molar-refractivity contribution in [3.8, 4) is 5.75 Å². The molecule has 0 aliphatic heterocycles. The molecule has 0 saturated heterocycles. The Morgan fingerprint density at radius 3 is 2.89 bits per heavy atom. The van der Waals surface area contributed by atoms with Gasteiger partial charge in [-0.1, -0.05) is 6.92 Å². The van der Waals surface area contributed by atoms with E-state index in [1.807, 2.05) is 38.1 Å². The van der Waals surface area contributed by atoms with Gasteiger partial charge in [-0.05, 0) is 37.6 Å². The lowest BCUT2D eigenvalue weighted by atomic mass is 10.1. The molecule has 4 nitrogen and oxygen atoms in total. The van der Waals surface area contributed by atoms with Crippen LogP contribution in [0.5, 0.6) is 5.75 Å². The minimum Gasteiger partial charge on any atom is -0.492 e. The van der Waals surface area contributed by atoms with Gasteiger partial charge in [0.05, 0.1) is 12.3 Å². The fraction of sp³-hybridized carbons (Fsp3) is 0.333. The van der Waals surface area contributed by atoms with Crippen molar-refractivity contribution in [2.24, 2.45) is 0 Å². The first kappa shape index (κ1) is 13.3. The van der Waals surface area contributed by atoms with Gasteiger partial charge in [-0.2, -0.15) is 0 Å². The Morgan fingerprint density at radius 1 is 1.32 bits per heavy atom. The van der Waals surface area contributed by atoms with Gasteiger partial charge in [0, 0.05) is 18.0 Å². The molecule has 1 aromatic carbocycles. The summed E-state index contributed by atoms with van der Waals surface area (Å²) in [4.78, 5) is 16.0. The van der Waals surface area contributed by atoms with E-state index in [1.54, 1.807) is 6.20 Å². The van der Waals surface area contributed by atoms with Crippen molar-refractivity contribution in [3.63, 3.8) is 0 Å². The Balaban J connectivity index is 2.40. The topological polar surface area (TPSA) is 51.2 Å². The lowest BCUT2D eigenvalue weighted by Crippen LogP contribution is -2.11. The van der Waals surface area contributed by atoms with Crippen LogP contribution in [0.3, 0.4) is 0 Å². The first-order valence-corrected chi connectivity index (χ1v) is 6.56. The molecule has 0 atom stereocenters. The van der Waals surface area contributed by atoms with Crippen molar-refractivity contribution < 1.29 is 9.53 Å². The van der Waals surface area contributed by atoms with E-state index in [2.05, 4.69) is 10.3 Å². The minimum absolute atomic E-state index is 0.0248. The first-order valence-electron chi connectivity index (χ1n) is 6.56. The largest absolute Gasteiger partial charge is 0.492 e. The number of hydrogen-bond donors (Lipinski definition) is 1. The average Bonchev–Trinajstić information content (AvgIpc) is 2.42. The second-order valence-corrected chi connectivity index (χ2v) is 4.24. The van der Waals surface area contributed by atoms with E-state index in [9.17, 15) is 4.79 Å². The van der Waals surface area contributed by atoms with E-state index in [1.165, 1.54) is 0 Å². The average molecular weight is 258 g/mol. The molecule has 0 fully saturated rings. The maximum Gasteiger partial charge on any atom is 0.224 e. The van der Waals surface area contributed by atoms with Gasteiger partial charge in [0.2, 0.25) is 5.91 Å². The Labute approximate surface area is 112 Å². The van der Waals surface area contributed by atoms with Crippen LogP contribution < -0.4 is 10.1 Å². The van der Waals surface area contributed by atoms with Gasteiger partial charge >= 0.3 is 0 Å². The van der Waals surface area contributed by atoms with E-state index >= 15 is 0 Å². The molecule has 0 aliphatic carbocycles. The summed E-state index contributed by atoms with van der Waals surface area (Å²) >= 11 is 0. The SMILES string of the molecule is CCCC(=O)Nc1ccc(OCC)c2ncccc12. The van der Waals surface area contributed by atoms with E-state index in [0.717, 1.165) is 28.8 Å². The van der Waals surface area contributed by atoms with Crippen LogP contribution in [0, 0.1) is 0 Å². The molecule has 4 heteroatoms. The number of carbonyl (C=O) groups excluding carboxylic acids is 1. The van der Waals surface area contributed by atoms with Crippen molar-refractivity contribution in [1.29, 1.82) is 0 Å². The number of anilines is 1.